The Labute approximate surface area is 180 Å². The van der Waals surface area contributed by atoms with Crippen molar-refractivity contribution >= 4 is 34.7 Å². The lowest BCUT2D eigenvalue weighted by molar-refractivity contribution is -0.124. The molecule has 0 spiro atoms. The van der Waals surface area contributed by atoms with E-state index in [1.54, 1.807) is 31.1 Å². The van der Waals surface area contributed by atoms with Gasteiger partial charge in [0.25, 0.3) is 5.91 Å². The number of amides is 1. The zero-order chi connectivity index (χ0) is 21.3. The minimum atomic E-state index is -0.650. The van der Waals surface area contributed by atoms with E-state index in [2.05, 4.69) is 10.3 Å². The Morgan fingerprint density at radius 3 is 2.77 bits per heavy atom. The molecule has 1 N–H and O–H groups in total. The summed E-state index contributed by atoms with van der Waals surface area (Å²) >= 11 is 6.13. The number of halogens is 1. The molecule has 154 valence electrons. The Bertz CT molecular complexity index is 1100. The number of hydrogen-bond acceptors (Lipinski definition) is 5. The van der Waals surface area contributed by atoms with Gasteiger partial charge in [-0.25, -0.2) is 0 Å². The molecule has 2 aromatic carbocycles. The van der Waals surface area contributed by atoms with E-state index in [1.807, 2.05) is 49.4 Å². The summed E-state index contributed by atoms with van der Waals surface area (Å²) in [5.41, 5.74) is 3.54. The maximum atomic E-state index is 12.8. The number of carbonyl (C=O) groups excluding carboxylic acids is 1. The fourth-order valence-electron chi connectivity index (χ4n) is 3.37. The van der Waals surface area contributed by atoms with Crippen LogP contribution in [0.4, 0.5) is 17.2 Å². The molecule has 1 unspecified atom stereocenters. The molecule has 0 fully saturated rings. The predicted octanol–water partition coefficient (Wildman–Crippen LogP) is 5.11. The van der Waals surface area contributed by atoms with Crippen LogP contribution in [0.1, 0.15) is 18.1 Å². The maximum Gasteiger partial charge on any atom is 0.272 e. The predicted molar refractivity (Wildman–Crippen MR) is 118 cm³/mol. The molecule has 7 heteroatoms. The van der Waals surface area contributed by atoms with Crippen molar-refractivity contribution in [2.24, 2.45) is 0 Å². The lowest BCUT2D eigenvalue weighted by atomic mass is 10.1. The van der Waals surface area contributed by atoms with E-state index in [0.29, 0.717) is 34.6 Å². The topological polar surface area (TPSA) is 63.7 Å². The number of pyridine rings is 1. The van der Waals surface area contributed by atoms with E-state index in [1.165, 1.54) is 0 Å². The van der Waals surface area contributed by atoms with E-state index in [9.17, 15) is 4.79 Å². The van der Waals surface area contributed by atoms with Crippen molar-refractivity contribution in [3.05, 3.63) is 70.7 Å². The fourth-order valence-corrected chi connectivity index (χ4v) is 3.55. The van der Waals surface area contributed by atoms with Crippen LogP contribution >= 0.6 is 11.6 Å². The molecule has 2 heterocycles. The van der Waals surface area contributed by atoms with E-state index in [0.717, 1.165) is 16.9 Å². The van der Waals surface area contributed by atoms with Crippen molar-refractivity contribution in [1.82, 2.24) is 4.98 Å². The fraction of sp³-hybridized carbons (Fsp3) is 0.217. The molecule has 1 amide bonds. The second kappa shape index (κ2) is 8.24. The number of rotatable bonds is 5. The van der Waals surface area contributed by atoms with Gasteiger partial charge in [-0.05, 0) is 67.4 Å². The minimum absolute atomic E-state index is 0.166. The van der Waals surface area contributed by atoms with Gasteiger partial charge in [0.2, 0.25) is 5.88 Å². The molecule has 1 aromatic heterocycles. The number of aromatic nitrogens is 1. The average molecular weight is 424 g/mol. The molecular formula is C23H22ClN3O3. The third-order valence-corrected chi connectivity index (χ3v) is 5.25. The second-order valence-corrected chi connectivity index (χ2v) is 7.52. The third-order valence-electron chi connectivity index (χ3n) is 5.01. The lowest BCUT2D eigenvalue weighted by Crippen LogP contribution is -2.42. The first kappa shape index (κ1) is 20.0. The molecular weight excluding hydrogens is 402 g/mol. The molecule has 1 aliphatic rings. The summed E-state index contributed by atoms with van der Waals surface area (Å²) in [5, 5.41) is 3.88. The van der Waals surface area contributed by atoms with Gasteiger partial charge < -0.3 is 14.8 Å². The smallest absolute Gasteiger partial charge is 0.272 e. The summed E-state index contributed by atoms with van der Waals surface area (Å²) in [6.45, 7) is 4.36. The Hall–Kier alpha value is -3.25. The highest BCUT2D eigenvalue weighted by Crippen LogP contribution is 2.39. The molecule has 6 nitrogen and oxygen atoms in total. The lowest BCUT2D eigenvalue weighted by Gasteiger charge is -2.32. The third kappa shape index (κ3) is 3.91. The molecule has 4 rings (SSSR count). The summed E-state index contributed by atoms with van der Waals surface area (Å²) in [5.74, 6) is 1.73. The second-order valence-electron chi connectivity index (χ2n) is 7.08. The molecule has 0 bridgehead atoms. The van der Waals surface area contributed by atoms with Gasteiger partial charge in [0.05, 0.1) is 12.8 Å². The number of benzene rings is 2. The molecule has 30 heavy (non-hydrogen) atoms. The van der Waals surface area contributed by atoms with Crippen molar-refractivity contribution in [3.63, 3.8) is 0 Å². The van der Waals surface area contributed by atoms with Crippen molar-refractivity contribution in [1.29, 1.82) is 0 Å². The normalized spacial score (nSPS) is 15.4. The molecule has 0 aliphatic carbocycles. The summed E-state index contributed by atoms with van der Waals surface area (Å²) in [7, 11) is 1.65. The first-order valence-electron chi connectivity index (χ1n) is 9.61. The van der Waals surface area contributed by atoms with Crippen LogP contribution in [0.25, 0.3) is 0 Å². The summed E-state index contributed by atoms with van der Waals surface area (Å²) < 4.78 is 11.0. The first-order valence-corrected chi connectivity index (χ1v) is 9.98. The van der Waals surface area contributed by atoms with Gasteiger partial charge in [0.1, 0.15) is 17.3 Å². The Balaban J connectivity index is 1.60. The van der Waals surface area contributed by atoms with Crippen molar-refractivity contribution < 1.29 is 14.3 Å². The number of hydrogen-bond donors (Lipinski definition) is 1. The number of methoxy groups -OCH3 is 1. The number of carbonyl (C=O) groups is 1. The van der Waals surface area contributed by atoms with Crippen LogP contribution < -0.4 is 19.7 Å². The van der Waals surface area contributed by atoms with Crippen LogP contribution in [0, 0.1) is 6.92 Å². The van der Waals surface area contributed by atoms with E-state index >= 15 is 0 Å². The number of anilines is 3. The van der Waals surface area contributed by atoms with Crippen molar-refractivity contribution in [3.8, 4) is 11.6 Å². The van der Waals surface area contributed by atoms with Gasteiger partial charge in [-0.1, -0.05) is 23.7 Å². The standard InChI is InChI=1S/C23H22ClN3O3/c1-14-11-19(29-3)8-7-16(14)13-25-21-10-9-20-22(26-21)30-15(2)23(28)27(20)18-6-4-5-17(24)12-18/h4-12,15H,13H2,1-3H3,(H,25,26). The zero-order valence-corrected chi connectivity index (χ0v) is 17.7. The first-order chi connectivity index (χ1) is 14.5. The van der Waals surface area contributed by atoms with E-state index in [4.69, 9.17) is 21.1 Å². The van der Waals surface area contributed by atoms with E-state index in [-0.39, 0.29) is 5.91 Å². The van der Waals surface area contributed by atoms with Crippen LogP contribution in [-0.2, 0) is 11.3 Å². The summed E-state index contributed by atoms with van der Waals surface area (Å²) in [4.78, 5) is 19.0. The number of aryl methyl sites for hydroxylation is 1. The highest BCUT2D eigenvalue weighted by atomic mass is 35.5. The van der Waals surface area contributed by atoms with Gasteiger partial charge in [-0.3, -0.25) is 9.69 Å². The number of ether oxygens (including phenoxy) is 2. The quantitative estimate of drug-likeness (QED) is 0.617. The number of nitrogens with one attached hydrogen (secondary N) is 1. The Morgan fingerprint density at radius 2 is 2.03 bits per heavy atom. The molecule has 0 saturated heterocycles. The number of fused-ring (bicyclic) bond motifs is 1. The molecule has 1 aliphatic heterocycles. The monoisotopic (exact) mass is 423 g/mol. The van der Waals surface area contributed by atoms with E-state index < -0.39 is 6.10 Å². The van der Waals surface area contributed by atoms with Crippen molar-refractivity contribution in [2.45, 2.75) is 26.5 Å². The Morgan fingerprint density at radius 1 is 1.20 bits per heavy atom. The molecule has 1 atom stereocenters. The molecule has 0 radical (unpaired) electrons. The summed E-state index contributed by atoms with van der Waals surface area (Å²) in [6.07, 6.45) is -0.650. The highest BCUT2D eigenvalue weighted by molar-refractivity contribution is 6.31. The van der Waals surface area contributed by atoms with Gasteiger partial charge >= 0.3 is 0 Å². The van der Waals surface area contributed by atoms with Gasteiger partial charge in [0, 0.05) is 11.6 Å². The largest absolute Gasteiger partial charge is 0.497 e. The zero-order valence-electron chi connectivity index (χ0n) is 17.0. The van der Waals surface area contributed by atoms with Crippen LogP contribution in [-0.4, -0.2) is 24.1 Å². The minimum Gasteiger partial charge on any atom is -0.497 e. The van der Waals surface area contributed by atoms with Gasteiger partial charge in [-0.15, -0.1) is 0 Å². The average Bonchev–Trinajstić information content (AvgIpc) is 2.73. The van der Waals surface area contributed by atoms with Gasteiger partial charge in [0.15, 0.2) is 6.10 Å². The highest BCUT2D eigenvalue weighted by Gasteiger charge is 2.33. The van der Waals surface area contributed by atoms with Crippen LogP contribution in [0.15, 0.2) is 54.6 Å². The summed E-state index contributed by atoms with van der Waals surface area (Å²) in [6, 6.07) is 16.8. The SMILES string of the molecule is COc1ccc(CNc2ccc3c(n2)OC(C)C(=O)N3c2cccc(Cl)c2)c(C)c1. The Kier molecular flexibility index (Phi) is 5.50. The van der Waals surface area contributed by atoms with Crippen LogP contribution in [0.5, 0.6) is 11.6 Å². The number of nitrogens with zero attached hydrogens (tertiary/aromatic N) is 2. The molecule has 3 aromatic rings. The van der Waals surface area contributed by atoms with Gasteiger partial charge in [-0.2, -0.15) is 4.98 Å². The van der Waals surface area contributed by atoms with Crippen LogP contribution in [0.3, 0.4) is 0 Å². The van der Waals surface area contributed by atoms with Crippen molar-refractivity contribution in [2.75, 3.05) is 17.3 Å². The molecule has 0 saturated carbocycles. The maximum absolute atomic E-state index is 12.8. The van der Waals surface area contributed by atoms with Crippen LogP contribution in [0.2, 0.25) is 5.02 Å².